The lowest BCUT2D eigenvalue weighted by atomic mass is 10.2. The zero-order valence-electron chi connectivity index (χ0n) is 17.4. The van der Waals surface area contributed by atoms with Crippen molar-refractivity contribution in [3.05, 3.63) is 29.8 Å². The maximum Gasteiger partial charge on any atom is 0.194 e. The smallest absolute Gasteiger partial charge is 0.194 e. The van der Waals surface area contributed by atoms with Crippen molar-refractivity contribution >= 4 is 29.9 Å². The highest BCUT2D eigenvalue weighted by atomic mass is 127. The van der Waals surface area contributed by atoms with Gasteiger partial charge in [-0.2, -0.15) is 0 Å². The summed E-state index contributed by atoms with van der Waals surface area (Å²) < 4.78 is 11.5. The van der Waals surface area contributed by atoms with Crippen LogP contribution in [0.2, 0.25) is 0 Å². The lowest BCUT2D eigenvalue weighted by Crippen LogP contribution is -2.46. The second-order valence-corrected chi connectivity index (χ2v) is 7.48. The van der Waals surface area contributed by atoms with Gasteiger partial charge in [-0.15, -0.1) is 24.0 Å². The molecule has 0 bridgehead atoms. The molecular weight excluding hydrogens is 467 g/mol. The fraction of sp³-hybridized carbons (Fsp3) is 0.667. The van der Waals surface area contributed by atoms with Crippen molar-refractivity contribution in [1.82, 2.24) is 15.1 Å². The van der Waals surface area contributed by atoms with Gasteiger partial charge in [-0.1, -0.05) is 12.1 Å². The molecule has 2 atom stereocenters. The van der Waals surface area contributed by atoms with Crippen molar-refractivity contribution in [3.63, 3.8) is 0 Å². The van der Waals surface area contributed by atoms with Crippen molar-refractivity contribution < 1.29 is 9.47 Å². The SMILES string of the molecule is CCNC(=NCC(C)Oc1cccc(C)c1)N1CCC(N2CCOCC2)C1.I. The Labute approximate surface area is 186 Å². The minimum Gasteiger partial charge on any atom is -0.489 e. The standard InChI is InChI=1S/C21H34N4O2.HI/c1-4-22-21(23-15-18(3)27-20-7-5-6-17(2)14-20)25-9-8-19(16-25)24-10-12-26-13-11-24;/h5-7,14,18-19H,4,8-13,15-16H2,1-3H3,(H,22,23);1H. The lowest BCUT2D eigenvalue weighted by molar-refractivity contribution is 0.0195. The molecule has 2 heterocycles. The molecule has 3 rings (SSSR count). The Balaban J connectivity index is 0.00000280. The van der Waals surface area contributed by atoms with E-state index in [9.17, 15) is 0 Å². The Bertz CT molecular complexity index is 622. The van der Waals surface area contributed by atoms with E-state index in [0.29, 0.717) is 12.6 Å². The summed E-state index contributed by atoms with van der Waals surface area (Å²) in [6, 6.07) is 8.79. The van der Waals surface area contributed by atoms with Crippen LogP contribution in [0.5, 0.6) is 5.75 Å². The van der Waals surface area contributed by atoms with Gasteiger partial charge in [0, 0.05) is 38.8 Å². The van der Waals surface area contributed by atoms with Gasteiger partial charge >= 0.3 is 0 Å². The lowest BCUT2D eigenvalue weighted by Gasteiger charge is -2.32. The maximum absolute atomic E-state index is 6.03. The van der Waals surface area contributed by atoms with Crippen LogP contribution < -0.4 is 10.1 Å². The number of ether oxygens (including phenoxy) is 2. The van der Waals surface area contributed by atoms with Gasteiger partial charge in [0.05, 0.1) is 19.8 Å². The molecule has 7 heteroatoms. The van der Waals surface area contributed by atoms with E-state index in [1.807, 2.05) is 12.1 Å². The normalized spacial score (nSPS) is 21.9. The average Bonchev–Trinajstić information content (AvgIpc) is 3.16. The molecule has 1 aromatic carbocycles. The molecule has 2 saturated heterocycles. The molecule has 2 aliphatic rings. The predicted octanol–water partition coefficient (Wildman–Crippen LogP) is 2.75. The molecule has 0 radical (unpaired) electrons. The molecule has 2 fully saturated rings. The number of hydrogen-bond acceptors (Lipinski definition) is 4. The van der Waals surface area contributed by atoms with Crippen molar-refractivity contribution in [2.45, 2.75) is 39.3 Å². The van der Waals surface area contributed by atoms with E-state index in [0.717, 1.165) is 57.6 Å². The Kier molecular flexibility index (Phi) is 9.81. The molecule has 0 aliphatic carbocycles. The highest BCUT2D eigenvalue weighted by Crippen LogP contribution is 2.18. The second kappa shape index (κ2) is 11.8. The highest BCUT2D eigenvalue weighted by molar-refractivity contribution is 14.0. The number of nitrogens with one attached hydrogen (secondary N) is 1. The van der Waals surface area contributed by atoms with Crippen LogP contribution >= 0.6 is 24.0 Å². The third kappa shape index (κ3) is 6.77. The monoisotopic (exact) mass is 502 g/mol. The molecule has 158 valence electrons. The van der Waals surface area contributed by atoms with Gasteiger partial charge in [0.2, 0.25) is 0 Å². The van der Waals surface area contributed by atoms with Gasteiger partial charge in [-0.25, -0.2) is 4.99 Å². The van der Waals surface area contributed by atoms with E-state index in [-0.39, 0.29) is 30.1 Å². The van der Waals surface area contributed by atoms with Gasteiger partial charge in [-0.05, 0) is 44.9 Å². The highest BCUT2D eigenvalue weighted by Gasteiger charge is 2.30. The summed E-state index contributed by atoms with van der Waals surface area (Å²) >= 11 is 0. The number of halogens is 1. The quantitative estimate of drug-likeness (QED) is 0.369. The predicted molar refractivity (Wildman–Crippen MR) is 125 cm³/mol. The molecule has 0 aromatic heterocycles. The summed E-state index contributed by atoms with van der Waals surface area (Å²) in [7, 11) is 0. The molecule has 2 aliphatic heterocycles. The first-order chi connectivity index (χ1) is 13.2. The topological polar surface area (TPSA) is 49.3 Å². The molecule has 2 unspecified atom stereocenters. The number of nitrogens with zero attached hydrogens (tertiary/aromatic N) is 3. The zero-order chi connectivity index (χ0) is 19.1. The Morgan fingerprint density at radius 1 is 1.32 bits per heavy atom. The largest absolute Gasteiger partial charge is 0.489 e. The van der Waals surface area contributed by atoms with Crippen LogP contribution in [-0.4, -0.2) is 80.4 Å². The van der Waals surface area contributed by atoms with Crippen molar-refractivity contribution in [2.75, 3.05) is 52.5 Å². The maximum atomic E-state index is 6.03. The van der Waals surface area contributed by atoms with Crippen LogP contribution in [0.1, 0.15) is 25.8 Å². The number of benzene rings is 1. The van der Waals surface area contributed by atoms with E-state index in [1.54, 1.807) is 0 Å². The van der Waals surface area contributed by atoms with E-state index in [1.165, 1.54) is 12.0 Å². The molecule has 1 aromatic rings. The number of rotatable bonds is 6. The Morgan fingerprint density at radius 2 is 2.11 bits per heavy atom. The fourth-order valence-corrected chi connectivity index (χ4v) is 3.77. The third-order valence-electron chi connectivity index (χ3n) is 5.18. The van der Waals surface area contributed by atoms with E-state index in [2.05, 4.69) is 48.0 Å². The van der Waals surface area contributed by atoms with Crippen LogP contribution in [0.25, 0.3) is 0 Å². The molecule has 6 nitrogen and oxygen atoms in total. The van der Waals surface area contributed by atoms with E-state index >= 15 is 0 Å². The second-order valence-electron chi connectivity index (χ2n) is 7.48. The van der Waals surface area contributed by atoms with Crippen LogP contribution in [0.3, 0.4) is 0 Å². The van der Waals surface area contributed by atoms with Crippen LogP contribution in [0.4, 0.5) is 0 Å². The summed E-state index contributed by atoms with van der Waals surface area (Å²) in [6.07, 6.45) is 1.23. The van der Waals surface area contributed by atoms with Gasteiger partial charge in [-0.3, -0.25) is 4.90 Å². The fourth-order valence-electron chi connectivity index (χ4n) is 3.77. The van der Waals surface area contributed by atoms with Crippen LogP contribution in [-0.2, 0) is 4.74 Å². The van der Waals surface area contributed by atoms with E-state index in [4.69, 9.17) is 14.5 Å². The van der Waals surface area contributed by atoms with Crippen LogP contribution in [0, 0.1) is 6.92 Å². The Morgan fingerprint density at radius 3 is 2.82 bits per heavy atom. The molecule has 0 saturated carbocycles. The summed E-state index contributed by atoms with van der Waals surface area (Å²) in [6.45, 7) is 13.7. The summed E-state index contributed by atoms with van der Waals surface area (Å²) in [5.41, 5.74) is 1.21. The van der Waals surface area contributed by atoms with Gasteiger partial charge < -0.3 is 19.7 Å². The van der Waals surface area contributed by atoms with Gasteiger partial charge in [0.1, 0.15) is 11.9 Å². The number of likely N-dealkylation sites (tertiary alicyclic amines) is 1. The summed E-state index contributed by atoms with van der Waals surface area (Å²) in [5, 5.41) is 3.45. The number of guanidine groups is 1. The molecule has 28 heavy (non-hydrogen) atoms. The number of morpholine rings is 1. The first-order valence-electron chi connectivity index (χ1n) is 10.2. The average molecular weight is 502 g/mol. The van der Waals surface area contributed by atoms with E-state index < -0.39 is 0 Å². The molecule has 0 spiro atoms. The van der Waals surface area contributed by atoms with Crippen LogP contribution in [0.15, 0.2) is 29.3 Å². The number of aliphatic imine (C=N–C) groups is 1. The summed E-state index contributed by atoms with van der Waals surface area (Å²) in [4.78, 5) is 9.81. The van der Waals surface area contributed by atoms with Gasteiger partial charge in [0.15, 0.2) is 5.96 Å². The minimum atomic E-state index is 0. The Hall–Kier alpha value is -1.06. The molecular formula is C21H35IN4O2. The molecule has 0 amide bonds. The minimum absolute atomic E-state index is 0. The van der Waals surface area contributed by atoms with Gasteiger partial charge in [0.25, 0.3) is 0 Å². The summed E-state index contributed by atoms with van der Waals surface area (Å²) in [5.74, 6) is 1.92. The number of aryl methyl sites for hydroxylation is 1. The zero-order valence-corrected chi connectivity index (χ0v) is 19.7. The third-order valence-corrected chi connectivity index (χ3v) is 5.18. The van der Waals surface area contributed by atoms with Crippen molar-refractivity contribution in [3.8, 4) is 5.75 Å². The molecule has 1 N–H and O–H groups in total. The first-order valence-corrected chi connectivity index (χ1v) is 10.2. The van der Waals surface area contributed by atoms with Crippen molar-refractivity contribution in [1.29, 1.82) is 0 Å². The number of hydrogen-bond donors (Lipinski definition) is 1. The van der Waals surface area contributed by atoms with Crippen molar-refractivity contribution in [2.24, 2.45) is 4.99 Å². The first kappa shape index (κ1) is 23.2.